The molecule has 0 saturated carbocycles. The maximum absolute atomic E-state index is 11.6. The van der Waals surface area contributed by atoms with Gasteiger partial charge in [-0.25, -0.2) is 0 Å². The summed E-state index contributed by atoms with van der Waals surface area (Å²) < 4.78 is 0. The number of carbonyl (C=O) groups is 1. The Kier molecular flexibility index (Phi) is 6.54. The number of hydrogen-bond acceptors (Lipinski definition) is 4. The van der Waals surface area contributed by atoms with Crippen molar-refractivity contribution in [3.63, 3.8) is 0 Å². The Hall–Kier alpha value is -2.06. The maximum atomic E-state index is 11.6. The smallest absolute Gasteiger partial charge is 0.239 e. The summed E-state index contributed by atoms with van der Waals surface area (Å²) in [5.74, 6) is 0.0778. The van der Waals surface area contributed by atoms with E-state index in [9.17, 15) is 9.90 Å². The minimum atomic E-state index is -0.387. The first-order valence-electron chi connectivity index (χ1n) is 6.71. The number of nitrogens with zero attached hydrogens (tertiary/aromatic N) is 1. The van der Waals surface area contributed by atoms with Gasteiger partial charge in [-0.05, 0) is 36.6 Å². The molecule has 0 saturated heterocycles. The van der Waals surface area contributed by atoms with Gasteiger partial charge >= 0.3 is 0 Å². The molecular weight excluding hydrogens is 254 g/mol. The quantitative estimate of drug-likeness (QED) is 0.704. The van der Waals surface area contributed by atoms with Crippen LogP contribution in [-0.2, 0) is 4.79 Å². The second kappa shape index (κ2) is 8.18. The second-order valence-corrected chi connectivity index (χ2v) is 4.99. The van der Waals surface area contributed by atoms with Gasteiger partial charge in [-0.15, -0.1) is 0 Å². The van der Waals surface area contributed by atoms with E-state index in [1.807, 2.05) is 19.9 Å². The fourth-order valence-electron chi connectivity index (χ4n) is 1.60. The number of anilines is 1. The van der Waals surface area contributed by atoms with Gasteiger partial charge in [0.05, 0.1) is 24.3 Å². The first kappa shape index (κ1) is 16.0. The predicted molar refractivity (Wildman–Crippen MR) is 78.1 cm³/mol. The van der Waals surface area contributed by atoms with E-state index in [0.717, 1.165) is 5.69 Å². The van der Waals surface area contributed by atoms with Crippen molar-refractivity contribution in [3.05, 3.63) is 29.8 Å². The van der Waals surface area contributed by atoms with E-state index in [-0.39, 0.29) is 24.5 Å². The number of carbonyl (C=O) groups excluding carboxylic acids is 1. The zero-order chi connectivity index (χ0) is 15.0. The van der Waals surface area contributed by atoms with Crippen molar-refractivity contribution >= 4 is 11.6 Å². The zero-order valence-corrected chi connectivity index (χ0v) is 11.9. The van der Waals surface area contributed by atoms with E-state index >= 15 is 0 Å². The molecule has 0 radical (unpaired) electrons. The van der Waals surface area contributed by atoms with Crippen molar-refractivity contribution in [3.8, 4) is 6.07 Å². The molecule has 1 amide bonds. The Morgan fingerprint density at radius 3 is 2.55 bits per heavy atom. The van der Waals surface area contributed by atoms with Crippen LogP contribution in [0.25, 0.3) is 0 Å². The summed E-state index contributed by atoms with van der Waals surface area (Å²) in [7, 11) is 0. The number of hydrogen-bond donors (Lipinski definition) is 3. The molecule has 3 N–H and O–H groups in total. The number of aliphatic hydroxyl groups is 1. The van der Waals surface area contributed by atoms with Crippen LogP contribution in [0.4, 0.5) is 5.69 Å². The van der Waals surface area contributed by atoms with Crippen LogP contribution < -0.4 is 10.6 Å². The minimum Gasteiger partial charge on any atom is -0.393 e. The summed E-state index contributed by atoms with van der Waals surface area (Å²) in [6, 6.07) is 8.94. The van der Waals surface area contributed by atoms with E-state index in [0.29, 0.717) is 18.5 Å². The highest BCUT2D eigenvalue weighted by Gasteiger charge is 2.09. The lowest BCUT2D eigenvalue weighted by Crippen LogP contribution is -2.32. The van der Waals surface area contributed by atoms with Crippen molar-refractivity contribution in [2.75, 3.05) is 18.4 Å². The van der Waals surface area contributed by atoms with Crippen molar-refractivity contribution in [2.24, 2.45) is 5.92 Å². The Labute approximate surface area is 119 Å². The molecule has 0 aliphatic carbocycles. The fraction of sp³-hybridized carbons (Fsp3) is 0.467. The van der Waals surface area contributed by atoms with Crippen LogP contribution >= 0.6 is 0 Å². The largest absolute Gasteiger partial charge is 0.393 e. The highest BCUT2D eigenvalue weighted by molar-refractivity contribution is 5.80. The maximum Gasteiger partial charge on any atom is 0.239 e. The van der Waals surface area contributed by atoms with Gasteiger partial charge in [-0.3, -0.25) is 4.79 Å². The monoisotopic (exact) mass is 275 g/mol. The molecule has 1 rings (SSSR count). The standard InChI is InChI=1S/C15H21N3O2/c1-11(2)14(19)7-8-17-15(20)10-18-13-5-3-12(9-16)4-6-13/h3-6,11,14,18-19H,7-8,10H2,1-2H3,(H,17,20). The Morgan fingerprint density at radius 2 is 2.00 bits per heavy atom. The molecule has 0 heterocycles. The summed E-state index contributed by atoms with van der Waals surface area (Å²) in [5, 5.41) is 24.0. The average molecular weight is 275 g/mol. The number of nitriles is 1. The normalized spacial score (nSPS) is 11.8. The van der Waals surface area contributed by atoms with Crippen LogP contribution in [-0.4, -0.2) is 30.2 Å². The summed E-state index contributed by atoms with van der Waals surface area (Å²) in [6.45, 7) is 4.52. The van der Waals surface area contributed by atoms with Crippen molar-refractivity contribution < 1.29 is 9.90 Å². The van der Waals surface area contributed by atoms with Crippen LogP contribution in [0.3, 0.4) is 0 Å². The summed E-state index contributed by atoms with van der Waals surface area (Å²) in [4.78, 5) is 11.6. The fourth-order valence-corrected chi connectivity index (χ4v) is 1.60. The summed E-state index contributed by atoms with van der Waals surface area (Å²) in [6.07, 6.45) is 0.169. The van der Waals surface area contributed by atoms with Crippen molar-refractivity contribution in [2.45, 2.75) is 26.4 Å². The second-order valence-electron chi connectivity index (χ2n) is 4.99. The first-order chi connectivity index (χ1) is 9.52. The molecule has 1 atom stereocenters. The van der Waals surface area contributed by atoms with E-state index in [1.54, 1.807) is 24.3 Å². The van der Waals surface area contributed by atoms with Crippen molar-refractivity contribution in [1.29, 1.82) is 5.26 Å². The topological polar surface area (TPSA) is 85.2 Å². The molecule has 0 bridgehead atoms. The van der Waals surface area contributed by atoms with Crippen LogP contribution in [0.15, 0.2) is 24.3 Å². The number of rotatable bonds is 7. The lowest BCUT2D eigenvalue weighted by Gasteiger charge is -2.14. The number of nitrogens with one attached hydrogen (secondary N) is 2. The lowest BCUT2D eigenvalue weighted by atomic mass is 10.0. The first-order valence-corrected chi connectivity index (χ1v) is 6.71. The van der Waals surface area contributed by atoms with Gasteiger partial charge < -0.3 is 15.7 Å². The SMILES string of the molecule is CC(C)C(O)CCNC(=O)CNc1ccc(C#N)cc1. The summed E-state index contributed by atoms with van der Waals surface area (Å²) >= 11 is 0. The molecule has 20 heavy (non-hydrogen) atoms. The lowest BCUT2D eigenvalue weighted by molar-refractivity contribution is -0.119. The molecule has 1 aromatic carbocycles. The van der Waals surface area contributed by atoms with Crippen LogP contribution in [0.1, 0.15) is 25.8 Å². The Bertz CT molecular complexity index is 463. The van der Waals surface area contributed by atoms with Gasteiger partial charge in [0.15, 0.2) is 0 Å². The van der Waals surface area contributed by atoms with Crippen LogP contribution in [0, 0.1) is 17.2 Å². The highest BCUT2D eigenvalue weighted by Crippen LogP contribution is 2.08. The van der Waals surface area contributed by atoms with E-state index < -0.39 is 0 Å². The zero-order valence-electron chi connectivity index (χ0n) is 11.9. The van der Waals surface area contributed by atoms with Crippen LogP contribution in [0.2, 0.25) is 0 Å². The number of aliphatic hydroxyl groups excluding tert-OH is 1. The number of amides is 1. The van der Waals surface area contributed by atoms with E-state index in [2.05, 4.69) is 10.6 Å². The molecule has 1 aromatic rings. The Morgan fingerprint density at radius 1 is 1.35 bits per heavy atom. The molecular formula is C15H21N3O2. The summed E-state index contributed by atoms with van der Waals surface area (Å²) in [5.41, 5.74) is 1.38. The average Bonchev–Trinajstić information content (AvgIpc) is 2.45. The minimum absolute atomic E-state index is 0.120. The molecule has 0 aliphatic rings. The van der Waals surface area contributed by atoms with E-state index in [4.69, 9.17) is 5.26 Å². The molecule has 108 valence electrons. The van der Waals surface area contributed by atoms with Gasteiger partial charge in [-0.2, -0.15) is 5.26 Å². The van der Waals surface area contributed by atoms with Gasteiger partial charge in [0.2, 0.25) is 5.91 Å². The predicted octanol–water partition coefficient (Wildman–Crippen LogP) is 1.49. The van der Waals surface area contributed by atoms with Crippen molar-refractivity contribution in [1.82, 2.24) is 5.32 Å². The van der Waals surface area contributed by atoms with Gasteiger partial charge in [-0.1, -0.05) is 13.8 Å². The molecule has 0 fully saturated rings. The third kappa shape index (κ3) is 5.72. The van der Waals surface area contributed by atoms with Gasteiger partial charge in [0.25, 0.3) is 0 Å². The Balaban J connectivity index is 2.24. The molecule has 0 spiro atoms. The number of benzene rings is 1. The molecule has 0 aromatic heterocycles. The highest BCUT2D eigenvalue weighted by atomic mass is 16.3. The molecule has 1 unspecified atom stereocenters. The van der Waals surface area contributed by atoms with Crippen LogP contribution in [0.5, 0.6) is 0 Å². The third-order valence-electron chi connectivity index (χ3n) is 3.00. The molecule has 0 aliphatic heterocycles. The van der Waals surface area contributed by atoms with Gasteiger partial charge in [0, 0.05) is 12.2 Å². The van der Waals surface area contributed by atoms with Gasteiger partial charge in [0.1, 0.15) is 0 Å². The molecule has 5 heteroatoms. The van der Waals surface area contributed by atoms with E-state index in [1.165, 1.54) is 0 Å². The third-order valence-corrected chi connectivity index (χ3v) is 3.00. The molecule has 5 nitrogen and oxygen atoms in total.